The number of hydrogen-bond acceptors (Lipinski definition) is 5. The molecule has 150 valence electrons. The molecule has 0 unspecified atom stereocenters. The van der Waals surface area contributed by atoms with Gasteiger partial charge in [0.15, 0.2) is 11.5 Å². The van der Waals surface area contributed by atoms with E-state index in [0.29, 0.717) is 22.8 Å². The fraction of sp³-hybridized carbons (Fsp3) is 0.381. The van der Waals surface area contributed by atoms with Crippen LogP contribution in [0.2, 0.25) is 0 Å². The molecule has 1 amide bonds. The maximum Gasteiger partial charge on any atom is 0.251 e. The number of benzene rings is 2. The summed E-state index contributed by atoms with van der Waals surface area (Å²) in [7, 11) is 4.55. The number of anilines is 1. The summed E-state index contributed by atoms with van der Waals surface area (Å²) in [6, 6.07) is 9.91. The van der Waals surface area contributed by atoms with Crippen molar-refractivity contribution >= 4 is 11.6 Å². The van der Waals surface area contributed by atoms with Gasteiger partial charge in [0.25, 0.3) is 5.91 Å². The lowest BCUT2D eigenvalue weighted by molar-refractivity contribution is 0.0930. The summed E-state index contributed by atoms with van der Waals surface area (Å²) in [5.74, 6) is 0.893. The van der Waals surface area contributed by atoms with E-state index in [-0.39, 0.29) is 17.8 Å². The Labute approximate surface area is 164 Å². The third kappa shape index (κ3) is 4.30. The second-order valence-corrected chi connectivity index (χ2v) is 6.63. The van der Waals surface area contributed by atoms with Crippen molar-refractivity contribution < 1.29 is 23.4 Å². The van der Waals surface area contributed by atoms with E-state index in [9.17, 15) is 9.18 Å². The highest BCUT2D eigenvalue weighted by molar-refractivity contribution is 5.95. The smallest absolute Gasteiger partial charge is 0.251 e. The van der Waals surface area contributed by atoms with E-state index in [1.54, 1.807) is 18.2 Å². The van der Waals surface area contributed by atoms with Crippen LogP contribution in [0, 0.1) is 5.82 Å². The first-order valence-corrected chi connectivity index (χ1v) is 9.17. The molecule has 0 radical (unpaired) electrons. The number of amides is 1. The Morgan fingerprint density at radius 1 is 1.04 bits per heavy atom. The van der Waals surface area contributed by atoms with Crippen molar-refractivity contribution in [2.45, 2.75) is 18.9 Å². The lowest BCUT2D eigenvalue weighted by Crippen LogP contribution is -2.44. The second kappa shape index (κ2) is 8.82. The predicted octanol–water partition coefficient (Wildman–Crippen LogP) is 3.25. The standard InChI is InChI=1S/C21H25FN2O4/c1-26-18-11-14(12-19(27-2)20(18)28-3)21(25)23-16-7-9-24(10-8-16)17-6-4-5-15(22)13-17/h4-6,11-13,16H,7-10H2,1-3H3,(H,23,25). The number of rotatable bonds is 6. The zero-order chi connectivity index (χ0) is 20.1. The molecule has 0 aromatic heterocycles. The Kier molecular flexibility index (Phi) is 6.23. The molecule has 1 aliphatic rings. The van der Waals surface area contributed by atoms with Crippen LogP contribution in [0.15, 0.2) is 36.4 Å². The van der Waals surface area contributed by atoms with Gasteiger partial charge in [-0.15, -0.1) is 0 Å². The van der Waals surface area contributed by atoms with E-state index in [4.69, 9.17) is 14.2 Å². The highest BCUT2D eigenvalue weighted by atomic mass is 19.1. The van der Waals surface area contributed by atoms with Crippen molar-refractivity contribution in [3.8, 4) is 17.2 Å². The molecule has 2 aromatic carbocycles. The van der Waals surface area contributed by atoms with Gasteiger partial charge in [-0.1, -0.05) is 6.07 Å². The Hall–Kier alpha value is -2.96. The van der Waals surface area contributed by atoms with Gasteiger partial charge < -0.3 is 24.4 Å². The van der Waals surface area contributed by atoms with Crippen molar-refractivity contribution in [3.05, 3.63) is 47.8 Å². The zero-order valence-electron chi connectivity index (χ0n) is 16.3. The number of carbonyl (C=O) groups is 1. The average Bonchev–Trinajstić information content (AvgIpc) is 2.73. The van der Waals surface area contributed by atoms with Gasteiger partial charge in [-0.2, -0.15) is 0 Å². The van der Waals surface area contributed by atoms with Gasteiger partial charge in [-0.3, -0.25) is 4.79 Å². The van der Waals surface area contributed by atoms with E-state index in [0.717, 1.165) is 31.6 Å². The minimum Gasteiger partial charge on any atom is -0.493 e. The van der Waals surface area contributed by atoms with Crippen LogP contribution in [-0.4, -0.2) is 46.4 Å². The van der Waals surface area contributed by atoms with Gasteiger partial charge in [0.1, 0.15) is 5.82 Å². The monoisotopic (exact) mass is 388 g/mol. The summed E-state index contributed by atoms with van der Waals surface area (Å²) in [4.78, 5) is 14.8. The summed E-state index contributed by atoms with van der Waals surface area (Å²) in [6.07, 6.45) is 1.57. The maximum atomic E-state index is 13.4. The quantitative estimate of drug-likeness (QED) is 0.823. The molecular formula is C21H25FN2O4. The summed E-state index contributed by atoms with van der Waals surface area (Å²) in [6.45, 7) is 1.51. The fourth-order valence-electron chi connectivity index (χ4n) is 3.44. The second-order valence-electron chi connectivity index (χ2n) is 6.63. The van der Waals surface area contributed by atoms with E-state index in [2.05, 4.69) is 10.2 Å². The molecule has 7 heteroatoms. The Balaban J connectivity index is 1.64. The molecule has 6 nitrogen and oxygen atoms in total. The van der Waals surface area contributed by atoms with Crippen LogP contribution >= 0.6 is 0 Å². The number of ether oxygens (including phenoxy) is 3. The van der Waals surface area contributed by atoms with Crippen molar-refractivity contribution in [1.82, 2.24) is 5.32 Å². The molecule has 1 N–H and O–H groups in total. The van der Waals surface area contributed by atoms with Gasteiger partial charge in [0.2, 0.25) is 5.75 Å². The number of nitrogens with one attached hydrogen (secondary N) is 1. The third-order valence-corrected chi connectivity index (χ3v) is 4.93. The van der Waals surface area contributed by atoms with Gasteiger partial charge in [-0.05, 0) is 43.2 Å². The Morgan fingerprint density at radius 2 is 1.68 bits per heavy atom. The first-order chi connectivity index (χ1) is 13.5. The van der Waals surface area contributed by atoms with Crippen molar-refractivity contribution in [1.29, 1.82) is 0 Å². The largest absolute Gasteiger partial charge is 0.493 e. The van der Waals surface area contributed by atoms with Crippen LogP contribution in [-0.2, 0) is 0 Å². The number of carbonyl (C=O) groups excluding carboxylic acids is 1. The molecule has 0 bridgehead atoms. The van der Waals surface area contributed by atoms with Crippen LogP contribution in [0.1, 0.15) is 23.2 Å². The van der Waals surface area contributed by atoms with Crippen LogP contribution in [0.3, 0.4) is 0 Å². The van der Waals surface area contributed by atoms with Gasteiger partial charge >= 0.3 is 0 Å². The number of halogens is 1. The molecule has 0 aliphatic carbocycles. The average molecular weight is 388 g/mol. The van der Waals surface area contributed by atoms with E-state index in [1.165, 1.54) is 33.5 Å². The Bertz CT molecular complexity index is 810. The summed E-state index contributed by atoms with van der Waals surface area (Å²) < 4.78 is 29.3. The fourth-order valence-corrected chi connectivity index (χ4v) is 3.44. The third-order valence-electron chi connectivity index (χ3n) is 4.93. The minimum absolute atomic E-state index is 0.0522. The lowest BCUT2D eigenvalue weighted by atomic mass is 10.0. The molecule has 0 saturated carbocycles. The van der Waals surface area contributed by atoms with E-state index in [1.807, 2.05) is 6.07 Å². The molecule has 2 aromatic rings. The van der Waals surface area contributed by atoms with Gasteiger partial charge in [-0.25, -0.2) is 4.39 Å². The summed E-state index contributed by atoms with van der Waals surface area (Å²) in [5, 5.41) is 3.07. The van der Waals surface area contributed by atoms with E-state index >= 15 is 0 Å². The maximum absolute atomic E-state index is 13.4. The zero-order valence-corrected chi connectivity index (χ0v) is 16.3. The van der Waals surface area contributed by atoms with Crippen LogP contribution in [0.4, 0.5) is 10.1 Å². The van der Waals surface area contributed by atoms with E-state index < -0.39 is 0 Å². The predicted molar refractivity (Wildman–Crippen MR) is 105 cm³/mol. The Morgan fingerprint density at radius 3 is 2.21 bits per heavy atom. The highest BCUT2D eigenvalue weighted by Crippen LogP contribution is 2.38. The molecule has 28 heavy (non-hydrogen) atoms. The number of methoxy groups -OCH3 is 3. The van der Waals surface area contributed by atoms with Crippen LogP contribution < -0.4 is 24.4 Å². The first kappa shape index (κ1) is 19.8. The number of nitrogens with zero attached hydrogens (tertiary/aromatic N) is 1. The van der Waals surface area contributed by atoms with Crippen molar-refractivity contribution in [3.63, 3.8) is 0 Å². The molecule has 3 rings (SSSR count). The molecule has 1 fully saturated rings. The first-order valence-electron chi connectivity index (χ1n) is 9.17. The topological polar surface area (TPSA) is 60.0 Å². The number of hydrogen-bond donors (Lipinski definition) is 1. The van der Waals surface area contributed by atoms with Gasteiger partial charge in [0, 0.05) is 30.4 Å². The molecule has 1 heterocycles. The van der Waals surface area contributed by atoms with Crippen molar-refractivity contribution in [2.24, 2.45) is 0 Å². The lowest BCUT2D eigenvalue weighted by Gasteiger charge is -2.34. The highest BCUT2D eigenvalue weighted by Gasteiger charge is 2.23. The molecule has 1 aliphatic heterocycles. The van der Waals surface area contributed by atoms with Crippen LogP contribution in [0.25, 0.3) is 0 Å². The summed E-state index contributed by atoms with van der Waals surface area (Å²) >= 11 is 0. The SMILES string of the molecule is COc1cc(C(=O)NC2CCN(c3cccc(F)c3)CC2)cc(OC)c1OC. The molecule has 0 spiro atoms. The van der Waals surface area contributed by atoms with Gasteiger partial charge in [0.05, 0.1) is 21.3 Å². The summed E-state index contributed by atoms with van der Waals surface area (Å²) in [5.41, 5.74) is 1.32. The van der Waals surface area contributed by atoms with Crippen molar-refractivity contribution in [2.75, 3.05) is 39.3 Å². The molecule has 1 saturated heterocycles. The van der Waals surface area contributed by atoms with Crippen LogP contribution in [0.5, 0.6) is 17.2 Å². The minimum atomic E-state index is -0.240. The number of piperidine rings is 1. The molecular weight excluding hydrogens is 363 g/mol. The molecule has 0 atom stereocenters. The normalized spacial score (nSPS) is 14.5.